The average Bonchev–Trinajstić information content (AvgIpc) is 3.36. The van der Waals surface area contributed by atoms with Crippen LogP contribution in [0.1, 0.15) is 18.7 Å². The smallest absolute Gasteiger partial charge is 0.257 e. The van der Waals surface area contributed by atoms with E-state index >= 15 is 0 Å². The number of aromatic nitrogens is 6. The fraction of sp³-hybridized carbons (Fsp3) is 0.400. The zero-order chi connectivity index (χ0) is 17.1. The molecule has 3 aromatic rings. The summed E-state index contributed by atoms with van der Waals surface area (Å²) in [5.74, 6) is 1.57. The number of nitrogens with zero attached hydrogens (tertiary/aromatic N) is 6. The van der Waals surface area contributed by atoms with Crippen LogP contribution in [0.3, 0.4) is 0 Å². The normalized spacial score (nSPS) is 17.2. The Morgan fingerprint density at radius 3 is 2.96 bits per heavy atom. The molecule has 0 amide bonds. The lowest BCUT2D eigenvalue weighted by Gasteiger charge is -2.09. The van der Waals surface area contributed by atoms with Gasteiger partial charge in [0, 0.05) is 17.2 Å². The minimum atomic E-state index is 0.185. The molecule has 1 saturated heterocycles. The maximum atomic E-state index is 5.89. The first-order chi connectivity index (χ1) is 12.3. The molecule has 25 heavy (non-hydrogen) atoms. The third kappa shape index (κ3) is 4.00. The predicted molar refractivity (Wildman–Crippen MR) is 91.1 cm³/mol. The molecule has 1 atom stereocenters. The highest BCUT2D eigenvalue weighted by atomic mass is 35.5. The third-order valence-electron chi connectivity index (χ3n) is 3.79. The molecule has 1 aromatic carbocycles. The number of ether oxygens (including phenoxy) is 1. The number of halogens is 1. The molecule has 0 bridgehead atoms. The van der Waals surface area contributed by atoms with Crippen molar-refractivity contribution in [2.75, 3.05) is 6.61 Å². The molecule has 0 N–H and O–H groups in total. The quantitative estimate of drug-likeness (QED) is 0.604. The highest BCUT2D eigenvalue weighted by Crippen LogP contribution is 2.23. The van der Waals surface area contributed by atoms with E-state index in [1.807, 2.05) is 12.1 Å². The summed E-state index contributed by atoms with van der Waals surface area (Å²) < 4.78 is 12.7. The summed E-state index contributed by atoms with van der Waals surface area (Å²) in [6.07, 6.45) is 2.31. The van der Waals surface area contributed by atoms with Gasteiger partial charge in [0.05, 0.1) is 18.4 Å². The number of tetrazole rings is 1. The van der Waals surface area contributed by atoms with Crippen molar-refractivity contribution in [3.8, 4) is 11.5 Å². The summed E-state index contributed by atoms with van der Waals surface area (Å²) in [4.78, 5) is 4.40. The van der Waals surface area contributed by atoms with Crippen LogP contribution in [0.15, 0.2) is 33.9 Å². The van der Waals surface area contributed by atoms with Crippen LogP contribution in [-0.4, -0.2) is 43.1 Å². The minimum absolute atomic E-state index is 0.185. The largest absolute Gasteiger partial charge is 0.376 e. The van der Waals surface area contributed by atoms with Gasteiger partial charge >= 0.3 is 0 Å². The van der Waals surface area contributed by atoms with E-state index in [2.05, 4.69) is 25.7 Å². The van der Waals surface area contributed by atoms with E-state index in [-0.39, 0.29) is 6.10 Å². The molecule has 0 aliphatic carbocycles. The van der Waals surface area contributed by atoms with Crippen molar-refractivity contribution in [1.29, 1.82) is 0 Å². The summed E-state index contributed by atoms with van der Waals surface area (Å²) in [7, 11) is 0. The van der Waals surface area contributed by atoms with Crippen molar-refractivity contribution in [3.05, 3.63) is 35.1 Å². The summed E-state index contributed by atoms with van der Waals surface area (Å²) in [5, 5.41) is 17.2. The fourth-order valence-corrected chi connectivity index (χ4v) is 3.40. The van der Waals surface area contributed by atoms with Crippen LogP contribution in [0, 0.1) is 0 Å². The maximum absolute atomic E-state index is 5.89. The van der Waals surface area contributed by atoms with Crippen LogP contribution in [-0.2, 0) is 17.0 Å². The van der Waals surface area contributed by atoms with Gasteiger partial charge in [-0.1, -0.05) is 28.5 Å². The summed E-state index contributed by atoms with van der Waals surface area (Å²) >= 11 is 7.35. The van der Waals surface area contributed by atoms with E-state index in [1.165, 1.54) is 11.8 Å². The predicted octanol–water partition coefficient (Wildman–Crippen LogP) is 2.85. The summed E-state index contributed by atoms with van der Waals surface area (Å²) in [6.45, 7) is 1.48. The van der Waals surface area contributed by atoms with Crippen molar-refractivity contribution in [2.45, 2.75) is 36.4 Å². The number of benzene rings is 1. The molecule has 0 saturated carbocycles. The molecule has 2 aromatic heterocycles. The van der Waals surface area contributed by atoms with Crippen molar-refractivity contribution in [2.24, 2.45) is 0 Å². The van der Waals surface area contributed by atoms with Gasteiger partial charge in [0.25, 0.3) is 5.89 Å². The Kier molecular flexibility index (Phi) is 4.95. The van der Waals surface area contributed by atoms with Gasteiger partial charge in [-0.2, -0.15) is 4.98 Å². The zero-order valence-electron chi connectivity index (χ0n) is 13.2. The second-order valence-corrected chi connectivity index (χ2v) is 6.97. The first-order valence-corrected chi connectivity index (χ1v) is 9.23. The van der Waals surface area contributed by atoms with Crippen LogP contribution >= 0.6 is 23.4 Å². The molecular weight excluding hydrogens is 364 g/mol. The van der Waals surface area contributed by atoms with Crippen molar-refractivity contribution < 1.29 is 9.26 Å². The van der Waals surface area contributed by atoms with Gasteiger partial charge in [0.1, 0.15) is 0 Å². The van der Waals surface area contributed by atoms with Crippen LogP contribution in [0.2, 0.25) is 5.02 Å². The minimum Gasteiger partial charge on any atom is -0.376 e. The van der Waals surface area contributed by atoms with E-state index in [0.717, 1.165) is 25.0 Å². The summed E-state index contributed by atoms with van der Waals surface area (Å²) in [5.41, 5.74) is 0.830. The second-order valence-electron chi connectivity index (χ2n) is 5.59. The first kappa shape index (κ1) is 16.5. The standard InChI is InChI=1S/C15H15ClN6O2S/c16-11-5-3-10(4-6-11)14-17-13(19-24-14)9-25-15-18-20-21-22(15)8-12-2-1-7-23-12/h3-6,12H,1-2,7-9H2/t12-/m0/s1. The molecule has 0 spiro atoms. The van der Waals surface area contributed by atoms with Crippen molar-refractivity contribution in [3.63, 3.8) is 0 Å². The topological polar surface area (TPSA) is 91.8 Å². The van der Waals surface area contributed by atoms with Gasteiger partial charge in [0.15, 0.2) is 5.82 Å². The maximum Gasteiger partial charge on any atom is 0.257 e. The van der Waals surface area contributed by atoms with Gasteiger partial charge in [-0.15, -0.1) is 5.10 Å². The van der Waals surface area contributed by atoms with Gasteiger partial charge in [-0.25, -0.2) is 4.68 Å². The second kappa shape index (κ2) is 7.51. The Balaban J connectivity index is 1.39. The SMILES string of the molecule is Clc1ccc(-c2nc(CSc3nnnn3C[C@@H]3CCCO3)no2)cc1. The first-order valence-electron chi connectivity index (χ1n) is 7.87. The molecular formula is C15H15ClN6O2S. The van der Waals surface area contributed by atoms with E-state index < -0.39 is 0 Å². The van der Waals surface area contributed by atoms with Crippen LogP contribution in [0.25, 0.3) is 11.5 Å². The lowest BCUT2D eigenvalue weighted by atomic mass is 10.2. The third-order valence-corrected chi connectivity index (χ3v) is 4.99. The van der Waals surface area contributed by atoms with Gasteiger partial charge in [0.2, 0.25) is 5.16 Å². The molecule has 8 nitrogen and oxygen atoms in total. The van der Waals surface area contributed by atoms with Crippen molar-refractivity contribution in [1.82, 2.24) is 30.3 Å². The van der Waals surface area contributed by atoms with Gasteiger partial charge < -0.3 is 9.26 Å². The Labute approximate surface area is 152 Å². The number of hydrogen-bond donors (Lipinski definition) is 0. The fourth-order valence-electron chi connectivity index (χ4n) is 2.55. The monoisotopic (exact) mass is 378 g/mol. The molecule has 0 unspecified atom stereocenters. The van der Waals surface area contributed by atoms with Gasteiger partial charge in [-0.05, 0) is 47.5 Å². The van der Waals surface area contributed by atoms with E-state index in [9.17, 15) is 0 Å². The Hall–Kier alpha value is -1.97. The molecule has 3 heterocycles. The Morgan fingerprint density at radius 2 is 2.16 bits per heavy atom. The molecule has 10 heteroatoms. The number of rotatable bonds is 6. The van der Waals surface area contributed by atoms with Gasteiger partial charge in [-0.3, -0.25) is 0 Å². The molecule has 1 aliphatic heterocycles. The lowest BCUT2D eigenvalue weighted by Crippen LogP contribution is -2.16. The average molecular weight is 379 g/mol. The number of thioether (sulfide) groups is 1. The lowest BCUT2D eigenvalue weighted by molar-refractivity contribution is 0.0912. The molecule has 1 aliphatic rings. The van der Waals surface area contributed by atoms with Crippen LogP contribution < -0.4 is 0 Å². The van der Waals surface area contributed by atoms with Crippen molar-refractivity contribution >= 4 is 23.4 Å². The molecule has 130 valence electrons. The van der Waals surface area contributed by atoms with Crippen LogP contribution in [0.5, 0.6) is 0 Å². The zero-order valence-corrected chi connectivity index (χ0v) is 14.8. The highest BCUT2D eigenvalue weighted by molar-refractivity contribution is 7.98. The van der Waals surface area contributed by atoms with E-state index in [1.54, 1.807) is 16.8 Å². The highest BCUT2D eigenvalue weighted by Gasteiger charge is 2.19. The Morgan fingerprint density at radius 1 is 1.28 bits per heavy atom. The summed E-state index contributed by atoms with van der Waals surface area (Å²) in [6, 6.07) is 7.26. The van der Waals surface area contributed by atoms with Crippen LogP contribution in [0.4, 0.5) is 0 Å². The molecule has 0 radical (unpaired) electrons. The number of hydrogen-bond acceptors (Lipinski definition) is 8. The van der Waals surface area contributed by atoms with E-state index in [4.69, 9.17) is 20.9 Å². The molecule has 4 rings (SSSR count). The van der Waals surface area contributed by atoms with E-state index in [0.29, 0.717) is 34.2 Å². The Bertz CT molecular complexity index is 831. The molecule has 1 fully saturated rings.